The maximum absolute atomic E-state index is 13.2. The highest BCUT2D eigenvalue weighted by Gasteiger charge is 2.39. The van der Waals surface area contributed by atoms with Crippen LogP contribution in [0.3, 0.4) is 0 Å². The van der Waals surface area contributed by atoms with Gasteiger partial charge in [-0.15, -0.1) is 11.3 Å². The van der Waals surface area contributed by atoms with Crippen LogP contribution in [0.15, 0.2) is 47.5 Å². The molecule has 2 aromatic rings. The van der Waals surface area contributed by atoms with Gasteiger partial charge < -0.3 is 10.1 Å². The van der Waals surface area contributed by atoms with Gasteiger partial charge in [-0.2, -0.15) is 0 Å². The fraction of sp³-hybridized carbons (Fsp3) is 0.333. The summed E-state index contributed by atoms with van der Waals surface area (Å²) in [5.41, 5.74) is 1.14. The van der Waals surface area contributed by atoms with Crippen LogP contribution >= 0.6 is 11.3 Å². The fourth-order valence-corrected chi connectivity index (χ4v) is 3.66. The summed E-state index contributed by atoms with van der Waals surface area (Å²) in [4.78, 5) is 27.9. The minimum Gasteiger partial charge on any atom is -0.381 e. The summed E-state index contributed by atoms with van der Waals surface area (Å²) in [7, 11) is 0. The van der Waals surface area contributed by atoms with Gasteiger partial charge >= 0.3 is 0 Å². The average molecular weight is 402 g/mol. The summed E-state index contributed by atoms with van der Waals surface area (Å²) in [6, 6.07) is 9.34. The van der Waals surface area contributed by atoms with Crippen molar-refractivity contribution < 1.29 is 18.7 Å². The molecule has 7 heteroatoms. The molecular weight excluding hydrogens is 379 g/mol. The van der Waals surface area contributed by atoms with Crippen LogP contribution in [-0.2, 0) is 14.3 Å². The van der Waals surface area contributed by atoms with E-state index in [2.05, 4.69) is 12.2 Å². The van der Waals surface area contributed by atoms with Crippen molar-refractivity contribution in [3.05, 3.63) is 58.2 Å². The summed E-state index contributed by atoms with van der Waals surface area (Å²) >= 11 is 1.40. The molecule has 1 aromatic carbocycles. The molecule has 1 aliphatic rings. The van der Waals surface area contributed by atoms with Crippen LogP contribution in [-0.4, -0.2) is 36.5 Å². The Balaban J connectivity index is 1.75. The van der Waals surface area contributed by atoms with E-state index in [9.17, 15) is 14.0 Å². The molecule has 5 nitrogen and oxygen atoms in total. The van der Waals surface area contributed by atoms with Crippen LogP contribution in [0.2, 0.25) is 0 Å². The predicted molar refractivity (Wildman–Crippen MR) is 108 cm³/mol. The lowest BCUT2D eigenvalue weighted by atomic mass is 10.2. The predicted octanol–water partition coefficient (Wildman–Crippen LogP) is 4.29. The van der Waals surface area contributed by atoms with Gasteiger partial charge in [0.15, 0.2) is 0 Å². The van der Waals surface area contributed by atoms with Crippen molar-refractivity contribution in [2.75, 3.05) is 25.1 Å². The summed E-state index contributed by atoms with van der Waals surface area (Å²) < 4.78 is 18.7. The van der Waals surface area contributed by atoms with Gasteiger partial charge in [-0.3, -0.25) is 14.5 Å². The molecule has 0 spiro atoms. The van der Waals surface area contributed by atoms with Gasteiger partial charge in [0.05, 0.1) is 5.57 Å². The van der Waals surface area contributed by atoms with E-state index < -0.39 is 0 Å². The van der Waals surface area contributed by atoms with Crippen LogP contribution in [0.1, 0.15) is 31.1 Å². The number of nitrogens with zero attached hydrogens (tertiary/aromatic N) is 1. The van der Waals surface area contributed by atoms with Crippen molar-refractivity contribution in [3.63, 3.8) is 0 Å². The topological polar surface area (TPSA) is 58.6 Å². The molecule has 0 bridgehead atoms. The maximum Gasteiger partial charge on any atom is 0.278 e. The zero-order valence-electron chi connectivity index (χ0n) is 15.7. The number of unbranched alkanes of at least 4 members (excludes halogenated alkanes) is 1. The molecule has 0 atom stereocenters. The number of anilines is 1. The Hall–Kier alpha value is -2.51. The number of rotatable bonds is 10. The molecule has 0 saturated carbocycles. The smallest absolute Gasteiger partial charge is 0.278 e. The molecule has 28 heavy (non-hydrogen) atoms. The van der Waals surface area contributed by atoms with Crippen LogP contribution in [0, 0.1) is 5.82 Å². The first-order valence-corrected chi connectivity index (χ1v) is 10.2. The van der Waals surface area contributed by atoms with Crippen molar-refractivity contribution >= 4 is 34.4 Å². The minimum absolute atomic E-state index is 0.228. The molecule has 148 valence electrons. The van der Waals surface area contributed by atoms with E-state index in [4.69, 9.17) is 4.74 Å². The van der Waals surface area contributed by atoms with Crippen LogP contribution in [0.4, 0.5) is 10.1 Å². The molecule has 0 unspecified atom stereocenters. The van der Waals surface area contributed by atoms with E-state index in [-0.39, 0.29) is 23.3 Å². The molecule has 3 rings (SSSR count). The lowest BCUT2D eigenvalue weighted by Gasteiger charge is -2.15. The first-order chi connectivity index (χ1) is 13.6. The second kappa shape index (κ2) is 9.61. The second-order valence-corrected chi connectivity index (χ2v) is 7.39. The Morgan fingerprint density at radius 3 is 2.50 bits per heavy atom. The largest absolute Gasteiger partial charge is 0.381 e. The molecule has 0 saturated heterocycles. The number of halogens is 1. The second-order valence-electron chi connectivity index (χ2n) is 6.44. The van der Waals surface area contributed by atoms with Crippen molar-refractivity contribution in [2.45, 2.75) is 26.2 Å². The number of carbonyl (C=O) groups excluding carboxylic acids is 2. The molecule has 2 amide bonds. The van der Waals surface area contributed by atoms with Gasteiger partial charge in [-0.1, -0.05) is 19.4 Å². The Morgan fingerprint density at radius 1 is 1.07 bits per heavy atom. The van der Waals surface area contributed by atoms with Gasteiger partial charge in [-0.25, -0.2) is 4.39 Å². The molecule has 1 N–H and O–H groups in total. The number of thiophene rings is 1. The van der Waals surface area contributed by atoms with Crippen LogP contribution in [0.5, 0.6) is 0 Å². The molecule has 1 aliphatic heterocycles. The van der Waals surface area contributed by atoms with E-state index in [1.54, 1.807) is 0 Å². The molecule has 1 aromatic heterocycles. The quantitative estimate of drug-likeness (QED) is 0.476. The van der Waals surface area contributed by atoms with Gasteiger partial charge in [0.1, 0.15) is 11.5 Å². The van der Waals surface area contributed by atoms with E-state index in [0.29, 0.717) is 37.4 Å². The van der Waals surface area contributed by atoms with Crippen molar-refractivity contribution in [3.8, 4) is 0 Å². The van der Waals surface area contributed by atoms with Crippen LogP contribution < -0.4 is 5.32 Å². The highest BCUT2D eigenvalue weighted by molar-refractivity contribution is 7.11. The van der Waals surface area contributed by atoms with E-state index >= 15 is 0 Å². The Kier molecular flexibility index (Phi) is 6.95. The fourth-order valence-electron chi connectivity index (χ4n) is 2.90. The monoisotopic (exact) mass is 402 g/mol. The number of carbonyl (C=O) groups is 2. The van der Waals surface area contributed by atoms with Gasteiger partial charge in [0.25, 0.3) is 11.8 Å². The molecule has 0 fully saturated rings. The third-order valence-corrected chi connectivity index (χ3v) is 5.25. The molecular formula is C21H23FN2O3S. The third-order valence-electron chi connectivity index (χ3n) is 4.36. The zero-order chi connectivity index (χ0) is 19.9. The normalized spacial score (nSPS) is 14.3. The van der Waals surface area contributed by atoms with Crippen molar-refractivity contribution in [1.82, 2.24) is 4.90 Å². The van der Waals surface area contributed by atoms with Gasteiger partial charge in [0, 0.05) is 30.3 Å². The minimum atomic E-state index is -0.369. The highest BCUT2D eigenvalue weighted by Crippen LogP contribution is 2.32. The van der Waals surface area contributed by atoms with E-state index in [1.165, 1.54) is 40.5 Å². The number of nitrogens with one attached hydrogen (secondary N) is 1. The summed E-state index contributed by atoms with van der Waals surface area (Å²) in [6.45, 7) is 3.59. The number of benzene rings is 1. The zero-order valence-corrected chi connectivity index (χ0v) is 16.6. The molecule has 2 heterocycles. The highest BCUT2D eigenvalue weighted by atomic mass is 32.1. The lowest BCUT2D eigenvalue weighted by Crippen LogP contribution is -2.34. The Bertz CT molecular complexity index is 847. The Morgan fingerprint density at radius 2 is 1.82 bits per heavy atom. The van der Waals surface area contributed by atoms with Gasteiger partial charge in [0.2, 0.25) is 0 Å². The standard InChI is InChI=1S/C21H23FN2O3S/c1-2-3-12-27-13-5-11-24-20(25)18(17-6-4-14-28-17)19(21(24)26)23-16-9-7-15(22)8-10-16/h4,6-10,14,23H,2-3,5,11-13H2,1H3. The first kappa shape index (κ1) is 20.2. The number of hydrogen-bond donors (Lipinski definition) is 1. The van der Waals surface area contributed by atoms with Crippen molar-refractivity contribution in [2.24, 2.45) is 0 Å². The number of imide groups is 1. The van der Waals surface area contributed by atoms with Gasteiger partial charge in [-0.05, 0) is 48.6 Å². The number of ether oxygens (including phenoxy) is 1. The number of hydrogen-bond acceptors (Lipinski definition) is 5. The first-order valence-electron chi connectivity index (χ1n) is 9.36. The Labute approximate surface area is 167 Å². The van der Waals surface area contributed by atoms with Crippen molar-refractivity contribution in [1.29, 1.82) is 0 Å². The van der Waals surface area contributed by atoms with E-state index in [0.717, 1.165) is 17.7 Å². The summed E-state index contributed by atoms with van der Waals surface area (Å²) in [6.07, 6.45) is 2.65. The maximum atomic E-state index is 13.2. The van der Waals surface area contributed by atoms with E-state index in [1.807, 2.05) is 17.5 Å². The summed E-state index contributed by atoms with van der Waals surface area (Å²) in [5.74, 6) is -1.05. The number of amides is 2. The SMILES string of the molecule is CCCCOCCCN1C(=O)C(Nc2ccc(F)cc2)=C(c2cccs2)C1=O. The van der Waals surface area contributed by atoms with Crippen LogP contribution in [0.25, 0.3) is 5.57 Å². The molecule has 0 radical (unpaired) electrons. The average Bonchev–Trinajstić information content (AvgIpc) is 3.29. The lowest BCUT2D eigenvalue weighted by molar-refractivity contribution is -0.137. The third kappa shape index (κ3) is 4.66. The molecule has 0 aliphatic carbocycles. The summed E-state index contributed by atoms with van der Waals surface area (Å²) in [5, 5.41) is 4.87.